The molecule has 0 radical (unpaired) electrons. The highest BCUT2D eigenvalue weighted by molar-refractivity contribution is 6.20. The SMILES string of the molecule is C[C@H](Cl)C[C@H](C)Oc1ccc(-c2ccc(O)cc2)cc1. The first-order chi connectivity index (χ1) is 9.54. The molecule has 2 nitrogen and oxygen atoms in total. The van der Waals surface area contributed by atoms with Crippen LogP contribution in [-0.2, 0) is 0 Å². The summed E-state index contributed by atoms with van der Waals surface area (Å²) < 4.78 is 5.81. The third kappa shape index (κ3) is 4.17. The van der Waals surface area contributed by atoms with E-state index in [0.717, 1.165) is 23.3 Å². The van der Waals surface area contributed by atoms with E-state index in [1.807, 2.05) is 50.2 Å². The largest absolute Gasteiger partial charge is 0.508 e. The molecule has 2 atom stereocenters. The zero-order valence-electron chi connectivity index (χ0n) is 11.7. The normalized spacial score (nSPS) is 13.8. The Balaban J connectivity index is 2.04. The fourth-order valence-corrected chi connectivity index (χ4v) is 2.37. The second-order valence-corrected chi connectivity index (χ2v) is 5.76. The average molecular weight is 291 g/mol. The van der Waals surface area contributed by atoms with E-state index in [0.29, 0.717) is 0 Å². The molecule has 0 unspecified atom stereocenters. The molecule has 0 fully saturated rings. The Morgan fingerprint density at radius 3 is 1.95 bits per heavy atom. The highest BCUT2D eigenvalue weighted by Gasteiger charge is 2.08. The number of alkyl halides is 1. The molecule has 0 heterocycles. The molecule has 0 bridgehead atoms. The highest BCUT2D eigenvalue weighted by atomic mass is 35.5. The van der Waals surface area contributed by atoms with Gasteiger partial charge in [-0.25, -0.2) is 0 Å². The zero-order chi connectivity index (χ0) is 14.5. The number of phenols is 1. The summed E-state index contributed by atoms with van der Waals surface area (Å²) in [7, 11) is 0. The van der Waals surface area contributed by atoms with Gasteiger partial charge in [-0.15, -0.1) is 11.6 Å². The number of rotatable bonds is 5. The Morgan fingerprint density at radius 1 is 0.950 bits per heavy atom. The Kier molecular flexibility index (Phi) is 4.91. The van der Waals surface area contributed by atoms with Gasteiger partial charge < -0.3 is 9.84 Å². The molecule has 0 amide bonds. The second-order valence-electron chi connectivity index (χ2n) is 5.02. The minimum Gasteiger partial charge on any atom is -0.508 e. The summed E-state index contributed by atoms with van der Waals surface area (Å²) in [6, 6.07) is 15.1. The molecule has 3 heteroatoms. The summed E-state index contributed by atoms with van der Waals surface area (Å²) in [6.45, 7) is 3.99. The first kappa shape index (κ1) is 14.7. The van der Waals surface area contributed by atoms with E-state index in [1.54, 1.807) is 12.1 Å². The smallest absolute Gasteiger partial charge is 0.119 e. The molecule has 0 aromatic heterocycles. The van der Waals surface area contributed by atoms with E-state index in [-0.39, 0.29) is 17.2 Å². The standard InChI is InChI=1S/C17H19ClO2/c1-12(18)11-13(2)20-17-9-5-15(6-10-17)14-3-7-16(19)8-4-14/h3-10,12-13,19H,11H2,1-2H3/t12-,13-/m0/s1. The molecule has 2 aromatic carbocycles. The lowest BCUT2D eigenvalue weighted by molar-refractivity contribution is 0.211. The van der Waals surface area contributed by atoms with E-state index < -0.39 is 0 Å². The molecule has 0 aliphatic heterocycles. The second kappa shape index (κ2) is 6.67. The van der Waals surface area contributed by atoms with Crippen LogP contribution in [0.15, 0.2) is 48.5 Å². The Bertz CT molecular complexity index is 532. The van der Waals surface area contributed by atoms with Crippen LogP contribution >= 0.6 is 11.6 Å². The van der Waals surface area contributed by atoms with Crippen LogP contribution in [0.1, 0.15) is 20.3 Å². The van der Waals surface area contributed by atoms with Crippen molar-refractivity contribution in [2.24, 2.45) is 0 Å². The molecule has 2 rings (SSSR count). The fourth-order valence-electron chi connectivity index (χ4n) is 2.12. The highest BCUT2D eigenvalue weighted by Crippen LogP contribution is 2.25. The van der Waals surface area contributed by atoms with Crippen molar-refractivity contribution in [3.8, 4) is 22.6 Å². The van der Waals surface area contributed by atoms with Crippen LogP contribution < -0.4 is 4.74 Å². The third-order valence-corrected chi connectivity index (χ3v) is 3.23. The minimum absolute atomic E-state index is 0.0991. The van der Waals surface area contributed by atoms with E-state index in [2.05, 4.69) is 0 Å². The minimum atomic E-state index is 0.0991. The molecule has 0 aliphatic carbocycles. The topological polar surface area (TPSA) is 29.5 Å². The van der Waals surface area contributed by atoms with E-state index in [4.69, 9.17) is 16.3 Å². The lowest BCUT2D eigenvalue weighted by atomic mass is 10.1. The van der Waals surface area contributed by atoms with Crippen molar-refractivity contribution in [1.29, 1.82) is 0 Å². The zero-order valence-corrected chi connectivity index (χ0v) is 12.5. The first-order valence-corrected chi connectivity index (χ1v) is 7.18. The van der Waals surface area contributed by atoms with E-state index >= 15 is 0 Å². The summed E-state index contributed by atoms with van der Waals surface area (Å²) in [6.07, 6.45) is 0.920. The molecule has 106 valence electrons. The molecule has 20 heavy (non-hydrogen) atoms. The number of benzene rings is 2. The average Bonchev–Trinajstić information content (AvgIpc) is 2.39. The van der Waals surface area contributed by atoms with Gasteiger partial charge in [-0.05, 0) is 49.2 Å². The van der Waals surface area contributed by atoms with Crippen LogP contribution in [0.25, 0.3) is 11.1 Å². The Morgan fingerprint density at radius 2 is 1.45 bits per heavy atom. The number of hydrogen-bond donors (Lipinski definition) is 1. The summed E-state index contributed by atoms with van der Waals surface area (Å²) in [4.78, 5) is 0. The quantitative estimate of drug-likeness (QED) is 0.798. The maximum absolute atomic E-state index is 9.29. The fraction of sp³-hybridized carbons (Fsp3) is 0.294. The molecule has 0 spiro atoms. The van der Waals surface area contributed by atoms with Gasteiger partial charge >= 0.3 is 0 Å². The van der Waals surface area contributed by atoms with E-state index in [1.165, 1.54) is 0 Å². The van der Waals surface area contributed by atoms with Gasteiger partial charge in [0.15, 0.2) is 0 Å². The number of halogens is 1. The van der Waals surface area contributed by atoms with Crippen LogP contribution in [0.5, 0.6) is 11.5 Å². The molecule has 0 saturated heterocycles. The lowest BCUT2D eigenvalue weighted by Gasteiger charge is -2.16. The summed E-state index contributed by atoms with van der Waals surface area (Å²) in [5.41, 5.74) is 2.16. The monoisotopic (exact) mass is 290 g/mol. The lowest BCUT2D eigenvalue weighted by Crippen LogP contribution is -2.15. The van der Waals surface area contributed by atoms with Gasteiger partial charge in [0, 0.05) is 11.8 Å². The number of hydrogen-bond acceptors (Lipinski definition) is 2. The van der Waals surface area contributed by atoms with Gasteiger partial charge in [-0.1, -0.05) is 24.3 Å². The van der Waals surface area contributed by atoms with Crippen LogP contribution in [-0.4, -0.2) is 16.6 Å². The molecular formula is C17H19ClO2. The maximum atomic E-state index is 9.29. The van der Waals surface area contributed by atoms with Gasteiger partial charge in [0.1, 0.15) is 11.5 Å². The molecule has 2 aromatic rings. The Hall–Kier alpha value is -1.67. The van der Waals surface area contributed by atoms with Crippen molar-refractivity contribution in [3.63, 3.8) is 0 Å². The van der Waals surface area contributed by atoms with Crippen molar-refractivity contribution in [2.45, 2.75) is 31.7 Å². The van der Waals surface area contributed by atoms with Gasteiger partial charge in [-0.2, -0.15) is 0 Å². The molecular weight excluding hydrogens is 272 g/mol. The number of ether oxygens (including phenoxy) is 1. The Labute approximate surface area is 125 Å². The van der Waals surface area contributed by atoms with Crippen LogP contribution in [0.2, 0.25) is 0 Å². The van der Waals surface area contributed by atoms with E-state index in [9.17, 15) is 5.11 Å². The van der Waals surface area contributed by atoms with Crippen LogP contribution in [0.3, 0.4) is 0 Å². The molecule has 1 N–H and O–H groups in total. The first-order valence-electron chi connectivity index (χ1n) is 6.75. The van der Waals surface area contributed by atoms with Crippen molar-refractivity contribution in [3.05, 3.63) is 48.5 Å². The van der Waals surface area contributed by atoms with Gasteiger partial charge in [0.25, 0.3) is 0 Å². The molecule has 0 saturated carbocycles. The van der Waals surface area contributed by atoms with Crippen LogP contribution in [0, 0.1) is 0 Å². The van der Waals surface area contributed by atoms with Crippen LogP contribution in [0.4, 0.5) is 0 Å². The van der Waals surface area contributed by atoms with Gasteiger partial charge in [0.2, 0.25) is 0 Å². The van der Waals surface area contributed by atoms with Crippen molar-refractivity contribution >= 4 is 11.6 Å². The summed E-state index contributed by atoms with van der Waals surface area (Å²) in [5.74, 6) is 1.12. The maximum Gasteiger partial charge on any atom is 0.119 e. The summed E-state index contributed by atoms with van der Waals surface area (Å²) >= 11 is 5.96. The number of phenolic OH excluding ortho intramolecular Hbond substituents is 1. The third-order valence-electron chi connectivity index (χ3n) is 3.05. The van der Waals surface area contributed by atoms with Crippen molar-refractivity contribution in [2.75, 3.05) is 0 Å². The van der Waals surface area contributed by atoms with Gasteiger partial charge in [-0.3, -0.25) is 0 Å². The van der Waals surface area contributed by atoms with Crippen molar-refractivity contribution < 1.29 is 9.84 Å². The molecule has 0 aliphatic rings. The predicted molar refractivity (Wildman–Crippen MR) is 83.6 cm³/mol. The number of aromatic hydroxyl groups is 1. The summed E-state index contributed by atoms with van der Waals surface area (Å²) in [5, 5.41) is 9.40. The predicted octanol–water partition coefficient (Wildman–Crippen LogP) is 4.84. The van der Waals surface area contributed by atoms with Gasteiger partial charge in [0.05, 0.1) is 6.10 Å². The van der Waals surface area contributed by atoms with Crippen molar-refractivity contribution in [1.82, 2.24) is 0 Å².